The molecule has 2 N–H and O–H groups in total. The molecule has 0 aliphatic rings. The first-order valence-electron chi connectivity index (χ1n) is 3.92. The summed E-state index contributed by atoms with van der Waals surface area (Å²) in [5.41, 5.74) is -1.74. The Labute approximate surface area is 101 Å². The van der Waals surface area contributed by atoms with E-state index < -0.39 is 44.6 Å². The summed E-state index contributed by atoms with van der Waals surface area (Å²) in [7, 11) is 0. The summed E-state index contributed by atoms with van der Waals surface area (Å²) < 4.78 is 73.1. The molecule has 1 aromatic rings. The van der Waals surface area contributed by atoms with Crippen LogP contribution < -0.4 is 5.73 Å². The van der Waals surface area contributed by atoms with Gasteiger partial charge in [0.15, 0.2) is 0 Å². The summed E-state index contributed by atoms with van der Waals surface area (Å²) in [6, 6.07) is 1.17. The van der Waals surface area contributed by atoms with Crippen LogP contribution in [0.25, 0.3) is 0 Å². The van der Waals surface area contributed by atoms with Crippen LogP contribution in [-0.2, 0) is 6.18 Å². The Bertz CT molecular complexity index is 404. The maximum Gasteiger partial charge on any atom is 0.446 e. The van der Waals surface area contributed by atoms with Crippen molar-refractivity contribution in [3.63, 3.8) is 0 Å². The van der Waals surface area contributed by atoms with Crippen LogP contribution in [-0.4, -0.2) is 5.51 Å². The van der Waals surface area contributed by atoms with Gasteiger partial charge in [-0.3, -0.25) is 0 Å². The molecule has 0 amide bonds. The van der Waals surface area contributed by atoms with E-state index in [4.69, 9.17) is 17.3 Å². The Hall–Kier alpha value is -0.760. The predicted octanol–water partition coefficient (Wildman–Crippen LogP) is 4.55. The third-order valence-electron chi connectivity index (χ3n) is 1.61. The zero-order chi connectivity index (χ0) is 13.4. The van der Waals surface area contributed by atoms with Crippen molar-refractivity contribution in [3.8, 4) is 0 Å². The number of halogens is 7. The van der Waals surface area contributed by atoms with E-state index in [0.717, 1.165) is 0 Å². The molecule has 0 aromatic heterocycles. The Morgan fingerprint density at radius 2 is 1.59 bits per heavy atom. The van der Waals surface area contributed by atoms with Crippen LogP contribution in [0.4, 0.5) is 32.0 Å². The molecule has 1 nitrogen and oxygen atoms in total. The molecule has 1 aromatic carbocycles. The Kier molecular flexibility index (Phi) is 3.78. The van der Waals surface area contributed by atoms with E-state index in [1.165, 1.54) is 0 Å². The zero-order valence-corrected chi connectivity index (χ0v) is 9.36. The molecule has 0 saturated carbocycles. The van der Waals surface area contributed by atoms with Gasteiger partial charge >= 0.3 is 11.7 Å². The number of alkyl halides is 6. The van der Waals surface area contributed by atoms with Gasteiger partial charge in [-0.25, -0.2) is 0 Å². The summed E-state index contributed by atoms with van der Waals surface area (Å²) in [4.78, 5) is -0.493. The fraction of sp³-hybridized carbons (Fsp3) is 0.250. The van der Waals surface area contributed by atoms with Gasteiger partial charge in [0.2, 0.25) is 0 Å². The SMILES string of the molecule is Nc1cc(SC(F)(F)F)cc(Cl)c1C(F)(F)F. The van der Waals surface area contributed by atoms with Crippen LogP contribution in [0.1, 0.15) is 5.56 Å². The minimum atomic E-state index is -4.80. The van der Waals surface area contributed by atoms with E-state index in [-0.39, 0.29) is 0 Å². The Morgan fingerprint density at radius 1 is 1.06 bits per heavy atom. The van der Waals surface area contributed by atoms with Crippen LogP contribution in [0.3, 0.4) is 0 Å². The van der Waals surface area contributed by atoms with Gasteiger partial charge in [0, 0.05) is 10.6 Å². The lowest BCUT2D eigenvalue weighted by Crippen LogP contribution is -2.10. The van der Waals surface area contributed by atoms with Crippen LogP contribution in [0.15, 0.2) is 17.0 Å². The lowest BCUT2D eigenvalue weighted by Gasteiger charge is -2.14. The second-order valence-electron chi connectivity index (χ2n) is 2.91. The smallest absolute Gasteiger partial charge is 0.398 e. The molecule has 0 unspecified atom stereocenters. The second kappa shape index (κ2) is 4.49. The molecule has 0 atom stereocenters. The number of benzene rings is 1. The quantitative estimate of drug-likeness (QED) is 0.467. The highest BCUT2D eigenvalue weighted by atomic mass is 35.5. The molecule has 9 heteroatoms. The monoisotopic (exact) mass is 295 g/mol. The minimum Gasteiger partial charge on any atom is -0.398 e. The number of nitrogens with two attached hydrogens (primary N) is 1. The first-order chi connectivity index (χ1) is 7.50. The van der Waals surface area contributed by atoms with Crippen molar-refractivity contribution in [1.82, 2.24) is 0 Å². The average Bonchev–Trinajstić information content (AvgIpc) is 1.94. The molecule has 0 saturated heterocycles. The molecule has 96 valence electrons. The lowest BCUT2D eigenvalue weighted by atomic mass is 10.2. The normalized spacial score (nSPS) is 12.9. The van der Waals surface area contributed by atoms with Crippen molar-refractivity contribution in [2.24, 2.45) is 0 Å². The summed E-state index contributed by atoms with van der Waals surface area (Å²) >= 11 is 4.68. The van der Waals surface area contributed by atoms with Crippen molar-refractivity contribution >= 4 is 29.1 Å². The highest BCUT2D eigenvalue weighted by molar-refractivity contribution is 8.00. The molecule has 0 aliphatic heterocycles. The summed E-state index contributed by atoms with van der Waals surface area (Å²) in [5.74, 6) is 0. The van der Waals surface area contributed by atoms with Crippen molar-refractivity contribution in [1.29, 1.82) is 0 Å². The molecular weight excluding hydrogens is 292 g/mol. The van der Waals surface area contributed by atoms with Crippen LogP contribution in [0, 0.1) is 0 Å². The van der Waals surface area contributed by atoms with E-state index in [0.29, 0.717) is 12.1 Å². The van der Waals surface area contributed by atoms with Crippen molar-refractivity contribution in [2.45, 2.75) is 16.6 Å². The van der Waals surface area contributed by atoms with E-state index >= 15 is 0 Å². The zero-order valence-electron chi connectivity index (χ0n) is 7.79. The van der Waals surface area contributed by atoms with Crippen LogP contribution in [0.5, 0.6) is 0 Å². The fourth-order valence-corrected chi connectivity index (χ4v) is 2.12. The fourth-order valence-electron chi connectivity index (χ4n) is 1.09. The summed E-state index contributed by atoms with van der Waals surface area (Å²) in [6.07, 6.45) is -4.80. The Balaban J connectivity index is 3.19. The molecule has 17 heavy (non-hydrogen) atoms. The van der Waals surface area contributed by atoms with Crippen LogP contribution >= 0.6 is 23.4 Å². The number of thioether (sulfide) groups is 1. The largest absolute Gasteiger partial charge is 0.446 e. The third kappa shape index (κ3) is 3.88. The highest BCUT2D eigenvalue weighted by Gasteiger charge is 2.37. The number of rotatable bonds is 1. The maximum atomic E-state index is 12.4. The number of anilines is 1. The Morgan fingerprint density at radius 3 is 1.94 bits per heavy atom. The van der Waals surface area contributed by atoms with Gasteiger partial charge in [0.1, 0.15) is 0 Å². The maximum absolute atomic E-state index is 12.4. The topological polar surface area (TPSA) is 26.0 Å². The molecular formula is C8H4ClF6NS. The van der Waals surface area contributed by atoms with E-state index in [2.05, 4.69) is 0 Å². The van der Waals surface area contributed by atoms with Gasteiger partial charge in [0.05, 0.1) is 10.6 Å². The second-order valence-corrected chi connectivity index (χ2v) is 4.46. The summed E-state index contributed by atoms with van der Waals surface area (Å²) in [5, 5.41) is -0.857. The van der Waals surface area contributed by atoms with E-state index in [1.54, 1.807) is 0 Å². The van der Waals surface area contributed by atoms with Gasteiger partial charge in [-0.05, 0) is 23.9 Å². The van der Waals surface area contributed by atoms with Gasteiger partial charge in [-0.1, -0.05) is 11.6 Å². The summed E-state index contributed by atoms with van der Waals surface area (Å²) in [6.45, 7) is 0. The third-order valence-corrected chi connectivity index (χ3v) is 2.61. The lowest BCUT2D eigenvalue weighted by molar-refractivity contribution is -0.136. The van der Waals surface area contributed by atoms with Crippen molar-refractivity contribution in [3.05, 3.63) is 22.7 Å². The van der Waals surface area contributed by atoms with Gasteiger partial charge in [-0.2, -0.15) is 26.3 Å². The van der Waals surface area contributed by atoms with Gasteiger partial charge in [-0.15, -0.1) is 0 Å². The average molecular weight is 296 g/mol. The van der Waals surface area contributed by atoms with E-state index in [9.17, 15) is 26.3 Å². The molecule has 0 heterocycles. The minimum absolute atomic E-state index is 0.493. The number of hydrogen-bond acceptors (Lipinski definition) is 2. The first-order valence-corrected chi connectivity index (χ1v) is 5.12. The predicted molar refractivity (Wildman–Crippen MR) is 52.8 cm³/mol. The molecule has 1 rings (SSSR count). The molecule has 0 bridgehead atoms. The van der Waals surface area contributed by atoms with E-state index in [1.807, 2.05) is 0 Å². The van der Waals surface area contributed by atoms with Crippen LogP contribution in [0.2, 0.25) is 5.02 Å². The molecule has 0 radical (unpaired) electrons. The molecule has 0 fully saturated rings. The van der Waals surface area contributed by atoms with Crippen molar-refractivity contribution < 1.29 is 26.3 Å². The first kappa shape index (κ1) is 14.3. The van der Waals surface area contributed by atoms with Crippen molar-refractivity contribution in [2.75, 3.05) is 5.73 Å². The highest BCUT2D eigenvalue weighted by Crippen LogP contribution is 2.44. The number of nitrogen functional groups attached to an aromatic ring is 1. The number of hydrogen-bond donors (Lipinski definition) is 1. The van der Waals surface area contributed by atoms with Gasteiger partial charge < -0.3 is 5.73 Å². The molecule has 0 spiro atoms. The van der Waals surface area contributed by atoms with Gasteiger partial charge in [0.25, 0.3) is 0 Å². The molecule has 0 aliphatic carbocycles. The standard InChI is InChI=1S/C8H4ClF6NS/c9-4-1-3(17-8(13,14)15)2-5(16)6(4)7(10,11)12/h1-2H,16H2.